The molecule has 140 valence electrons. The highest BCUT2D eigenvalue weighted by molar-refractivity contribution is 7.89. The summed E-state index contributed by atoms with van der Waals surface area (Å²) in [7, 11) is -3.51. The molecule has 0 N–H and O–H groups in total. The summed E-state index contributed by atoms with van der Waals surface area (Å²) in [6, 6.07) is 5.27. The highest BCUT2D eigenvalue weighted by atomic mass is 32.2. The van der Waals surface area contributed by atoms with Gasteiger partial charge in [-0.15, -0.1) is 0 Å². The van der Waals surface area contributed by atoms with E-state index >= 15 is 0 Å². The molecule has 0 aromatic heterocycles. The molecule has 0 atom stereocenters. The molecule has 25 heavy (non-hydrogen) atoms. The van der Waals surface area contributed by atoms with Crippen LogP contribution in [0.15, 0.2) is 23.1 Å². The van der Waals surface area contributed by atoms with Gasteiger partial charge >= 0.3 is 0 Å². The van der Waals surface area contributed by atoms with E-state index in [4.69, 9.17) is 0 Å². The number of amides is 1. The zero-order chi connectivity index (χ0) is 18.6. The second-order valence-electron chi connectivity index (χ2n) is 6.84. The molecule has 1 heterocycles. The predicted octanol–water partition coefficient (Wildman–Crippen LogP) is 2.96. The first-order chi connectivity index (χ1) is 11.8. The molecule has 0 bridgehead atoms. The van der Waals surface area contributed by atoms with E-state index in [1.807, 2.05) is 38.7 Å². The van der Waals surface area contributed by atoms with E-state index in [1.54, 1.807) is 12.1 Å². The molecule has 5 nitrogen and oxygen atoms in total. The number of rotatable bonds is 5. The fraction of sp³-hybridized carbons (Fsp3) is 0.632. The fourth-order valence-electron chi connectivity index (χ4n) is 3.27. The lowest BCUT2D eigenvalue weighted by molar-refractivity contribution is -0.135. The molecule has 1 aromatic carbocycles. The van der Waals surface area contributed by atoms with Crippen molar-refractivity contribution >= 4 is 15.9 Å². The lowest BCUT2D eigenvalue weighted by Crippen LogP contribution is -2.39. The summed E-state index contributed by atoms with van der Waals surface area (Å²) >= 11 is 0. The first-order valence-electron chi connectivity index (χ1n) is 9.17. The summed E-state index contributed by atoms with van der Waals surface area (Å²) < 4.78 is 27.4. The molecule has 1 aromatic rings. The van der Waals surface area contributed by atoms with Crippen molar-refractivity contribution < 1.29 is 13.2 Å². The first kappa shape index (κ1) is 19.9. The Morgan fingerprint density at radius 2 is 1.72 bits per heavy atom. The van der Waals surface area contributed by atoms with Gasteiger partial charge in [0.2, 0.25) is 15.9 Å². The Hall–Kier alpha value is -1.40. The van der Waals surface area contributed by atoms with E-state index in [0.717, 1.165) is 24.0 Å². The van der Waals surface area contributed by atoms with Gasteiger partial charge in [0, 0.05) is 32.1 Å². The largest absolute Gasteiger partial charge is 0.341 e. The molecule has 1 aliphatic heterocycles. The number of carbonyl (C=O) groups excluding carboxylic acids is 1. The van der Waals surface area contributed by atoms with Gasteiger partial charge in [0.15, 0.2) is 0 Å². The predicted molar refractivity (Wildman–Crippen MR) is 99.9 cm³/mol. The highest BCUT2D eigenvalue weighted by Gasteiger charge is 2.29. The zero-order valence-corrected chi connectivity index (χ0v) is 16.6. The maximum absolute atomic E-state index is 12.9. The summed E-state index contributed by atoms with van der Waals surface area (Å²) in [6.07, 6.45) is 2.34. The monoisotopic (exact) mass is 366 g/mol. The third-order valence-electron chi connectivity index (χ3n) is 5.22. The standard InChI is InChI=1S/C19H30N2O3S/c1-5-17(6-2)19(22)20-10-7-11-21(13-12-20)25(23,24)18-9-8-15(3)16(4)14-18/h8-9,14,17H,5-7,10-13H2,1-4H3. The first-order valence-corrected chi connectivity index (χ1v) is 10.6. The van der Waals surface area contributed by atoms with Crippen LogP contribution in [0.25, 0.3) is 0 Å². The smallest absolute Gasteiger partial charge is 0.243 e. The van der Waals surface area contributed by atoms with Crippen LogP contribution in [-0.2, 0) is 14.8 Å². The molecule has 1 amide bonds. The minimum absolute atomic E-state index is 0.0444. The van der Waals surface area contributed by atoms with Crippen molar-refractivity contribution in [1.82, 2.24) is 9.21 Å². The van der Waals surface area contributed by atoms with Gasteiger partial charge < -0.3 is 4.90 Å². The maximum Gasteiger partial charge on any atom is 0.243 e. The van der Waals surface area contributed by atoms with Gasteiger partial charge in [0.1, 0.15) is 0 Å². The molecular formula is C19H30N2O3S. The van der Waals surface area contributed by atoms with Crippen LogP contribution in [0.1, 0.15) is 44.2 Å². The summed E-state index contributed by atoms with van der Waals surface area (Å²) in [5, 5.41) is 0. The summed E-state index contributed by atoms with van der Waals surface area (Å²) in [5.74, 6) is 0.207. The minimum atomic E-state index is -3.51. The average Bonchev–Trinajstić information content (AvgIpc) is 2.84. The molecule has 0 saturated carbocycles. The zero-order valence-electron chi connectivity index (χ0n) is 15.8. The molecule has 0 unspecified atom stereocenters. The van der Waals surface area contributed by atoms with Gasteiger partial charge in [-0.1, -0.05) is 19.9 Å². The van der Waals surface area contributed by atoms with Crippen molar-refractivity contribution in [2.75, 3.05) is 26.2 Å². The molecule has 0 radical (unpaired) electrons. The van der Waals surface area contributed by atoms with Crippen LogP contribution in [0.4, 0.5) is 0 Å². The molecule has 0 aliphatic carbocycles. The van der Waals surface area contributed by atoms with Gasteiger partial charge in [-0.2, -0.15) is 4.31 Å². The molecule has 6 heteroatoms. The Morgan fingerprint density at radius 1 is 1.04 bits per heavy atom. The Balaban J connectivity index is 2.14. The molecule has 1 fully saturated rings. The van der Waals surface area contributed by atoms with Crippen molar-refractivity contribution in [2.24, 2.45) is 5.92 Å². The van der Waals surface area contributed by atoms with Crippen LogP contribution in [0, 0.1) is 19.8 Å². The van der Waals surface area contributed by atoms with E-state index < -0.39 is 10.0 Å². The normalized spacial score (nSPS) is 16.9. The van der Waals surface area contributed by atoms with E-state index in [9.17, 15) is 13.2 Å². The topological polar surface area (TPSA) is 57.7 Å². The highest BCUT2D eigenvalue weighted by Crippen LogP contribution is 2.21. The molecule has 0 spiro atoms. The van der Waals surface area contributed by atoms with Crippen molar-refractivity contribution in [1.29, 1.82) is 0 Å². The van der Waals surface area contributed by atoms with E-state index in [1.165, 1.54) is 4.31 Å². The lowest BCUT2D eigenvalue weighted by Gasteiger charge is -2.25. The third-order valence-corrected chi connectivity index (χ3v) is 7.11. The van der Waals surface area contributed by atoms with Crippen LogP contribution in [0.2, 0.25) is 0 Å². The van der Waals surface area contributed by atoms with Crippen LogP contribution >= 0.6 is 0 Å². The number of hydrogen-bond acceptors (Lipinski definition) is 3. The Morgan fingerprint density at radius 3 is 2.32 bits per heavy atom. The number of sulfonamides is 1. The van der Waals surface area contributed by atoms with Crippen molar-refractivity contribution in [3.8, 4) is 0 Å². The van der Waals surface area contributed by atoms with Crippen molar-refractivity contribution in [3.63, 3.8) is 0 Å². The van der Waals surface area contributed by atoms with Crippen molar-refractivity contribution in [3.05, 3.63) is 29.3 Å². The minimum Gasteiger partial charge on any atom is -0.341 e. The Labute approximate surface area is 152 Å². The molecule has 1 aliphatic rings. The van der Waals surface area contributed by atoms with Gasteiger partial charge in [-0.05, 0) is 56.4 Å². The van der Waals surface area contributed by atoms with Crippen LogP contribution in [0.5, 0.6) is 0 Å². The second-order valence-corrected chi connectivity index (χ2v) is 8.78. The number of nitrogens with zero attached hydrogens (tertiary/aromatic N) is 2. The summed E-state index contributed by atoms with van der Waals surface area (Å²) in [4.78, 5) is 14.8. The van der Waals surface area contributed by atoms with E-state index in [-0.39, 0.29) is 11.8 Å². The number of carbonyl (C=O) groups is 1. The molecular weight excluding hydrogens is 336 g/mol. The van der Waals surface area contributed by atoms with Crippen LogP contribution < -0.4 is 0 Å². The number of benzene rings is 1. The quantitative estimate of drug-likeness (QED) is 0.805. The lowest BCUT2D eigenvalue weighted by atomic mass is 10.0. The maximum atomic E-state index is 12.9. The average molecular weight is 367 g/mol. The van der Waals surface area contributed by atoms with Gasteiger partial charge in [0.05, 0.1) is 4.90 Å². The van der Waals surface area contributed by atoms with Gasteiger partial charge in [-0.25, -0.2) is 8.42 Å². The molecule has 1 saturated heterocycles. The van der Waals surface area contributed by atoms with Crippen LogP contribution in [-0.4, -0.2) is 49.7 Å². The second kappa shape index (κ2) is 8.32. The van der Waals surface area contributed by atoms with E-state index in [2.05, 4.69) is 0 Å². The Kier molecular flexibility index (Phi) is 6.63. The Bertz CT molecular complexity index is 711. The SMILES string of the molecule is CCC(CC)C(=O)N1CCCN(S(=O)(=O)c2ccc(C)c(C)c2)CC1. The number of hydrogen-bond donors (Lipinski definition) is 0. The third kappa shape index (κ3) is 4.42. The molecule has 2 rings (SSSR count). The number of aryl methyl sites for hydroxylation is 2. The summed E-state index contributed by atoms with van der Waals surface area (Å²) in [5.41, 5.74) is 2.05. The van der Waals surface area contributed by atoms with Gasteiger partial charge in [0.25, 0.3) is 0 Å². The fourth-order valence-corrected chi connectivity index (χ4v) is 4.83. The van der Waals surface area contributed by atoms with E-state index in [0.29, 0.717) is 37.5 Å². The van der Waals surface area contributed by atoms with Gasteiger partial charge in [-0.3, -0.25) is 4.79 Å². The van der Waals surface area contributed by atoms with Crippen LogP contribution in [0.3, 0.4) is 0 Å². The summed E-state index contributed by atoms with van der Waals surface area (Å²) in [6.45, 7) is 9.88. The van der Waals surface area contributed by atoms with Crippen molar-refractivity contribution in [2.45, 2.75) is 51.9 Å².